The van der Waals surface area contributed by atoms with E-state index in [0.717, 1.165) is 13.1 Å². The Labute approximate surface area is 102 Å². The van der Waals surface area contributed by atoms with Gasteiger partial charge in [-0.05, 0) is 32.6 Å². The van der Waals surface area contributed by atoms with Crippen LogP contribution in [0.4, 0.5) is 0 Å². The van der Waals surface area contributed by atoms with E-state index in [-0.39, 0.29) is 23.5 Å². The Bertz CT molecular complexity index is 323. The first-order chi connectivity index (χ1) is 8.08. The lowest BCUT2D eigenvalue weighted by molar-refractivity contribution is -0.179. The van der Waals surface area contributed by atoms with Gasteiger partial charge in [0.1, 0.15) is 0 Å². The topological polar surface area (TPSA) is 38.8 Å². The molecule has 0 N–H and O–H groups in total. The van der Waals surface area contributed by atoms with Crippen molar-refractivity contribution < 1.29 is 14.3 Å². The second-order valence-electron chi connectivity index (χ2n) is 6.09. The lowest BCUT2D eigenvalue weighted by Crippen LogP contribution is -2.58. The summed E-state index contributed by atoms with van der Waals surface area (Å²) < 4.78 is 11.1. The van der Waals surface area contributed by atoms with Crippen molar-refractivity contribution in [2.45, 2.75) is 38.9 Å². The molecule has 0 aromatic rings. The minimum atomic E-state index is -0.273. The fraction of sp³-hybridized carbons (Fsp3) is 0.923. The SMILES string of the molecule is CC1CN(C(=O)C2(C)COC2)CC(C2CC2)O1. The number of hydrogen-bond acceptors (Lipinski definition) is 3. The number of ether oxygens (including phenoxy) is 2. The van der Waals surface area contributed by atoms with E-state index in [0.29, 0.717) is 19.1 Å². The summed E-state index contributed by atoms with van der Waals surface area (Å²) in [4.78, 5) is 14.4. The Morgan fingerprint density at radius 2 is 2.00 bits per heavy atom. The molecule has 0 aromatic heterocycles. The molecule has 0 aromatic carbocycles. The minimum Gasteiger partial charge on any atom is -0.379 e. The standard InChI is InChI=1S/C13H21NO3/c1-9-5-14(6-11(17-9)10-3-4-10)12(15)13(2)7-16-8-13/h9-11H,3-8H2,1-2H3. The van der Waals surface area contributed by atoms with Crippen molar-refractivity contribution in [3.8, 4) is 0 Å². The van der Waals surface area contributed by atoms with Gasteiger partial charge in [-0.15, -0.1) is 0 Å². The maximum atomic E-state index is 12.4. The lowest BCUT2D eigenvalue weighted by Gasteiger charge is -2.44. The third-order valence-electron chi connectivity index (χ3n) is 4.08. The van der Waals surface area contributed by atoms with Crippen LogP contribution in [0.2, 0.25) is 0 Å². The van der Waals surface area contributed by atoms with E-state index < -0.39 is 0 Å². The summed E-state index contributed by atoms with van der Waals surface area (Å²) in [5.41, 5.74) is -0.273. The van der Waals surface area contributed by atoms with Gasteiger partial charge < -0.3 is 14.4 Å². The monoisotopic (exact) mass is 239 g/mol. The highest BCUT2D eigenvalue weighted by Gasteiger charge is 2.46. The molecule has 2 aliphatic heterocycles. The van der Waals surface area contributed by atoms with Gasteiger partial charge in [-0.1, -0.05) is 0 Å². The molecule has 4 nitrogen and oxygen atoms in total. The number of morpholine rings is 1. The van der Waals surface area contributed by atoms with Gasteiger partial charge in [-0.25, -0.2) is 0 Å². The highest BCUT2D eigenvalue weighted by Crippen LogP contribution is 2.38. The maximum absolute atomic E-state index is 12.4. The summed E-state index contributed by atoms with van der Waals surface area (Å²) in [6.07, 6.45) is 2.97. The normalized spacial score (nSPS) is 36.5. The van der Waals surface area contributed by atoms with Crippen molar-refractivity contribution in [3.05, 3.63) is 0 Å². The van der Waals surface area contributed by atoms with Crippen molar-refractivity contribution in [1.29, 1.82) is 0 Å². The smallest absolute Gasteiger partial charge is 0.233 e. The van der Waals surface area contributed by atoms with Gasteiger partial charge in [-0.3, -0.25) is 4.79 Å². The molecule has 2 unspecified atom stereocenters. The number of rotatable bonds is 2. The molecule has 96 valence electrons. The van der Waals surface area contributed by atoms with Gasteiger partial charge in [0.2, 0.25) is 5.91 Å². The summed E-state index contributed by atoms with van der Waals surface area (Å²) in [6, 6.07) is 0. The zero-order chi connectivity index (χ0) is 12.0. The number of carbonyl (C=O) groups excluding carboxylic acids is 1. The summed E-state index contributed by atoms with van der Waals surface area (Å²) in [6.45, 7) is 6.73. The van der Waals surface area contributed by atoms with Gasteiger partial charge in [0, 0.05) is 13.1 Å². The van der Waals surface area contributed by atoms with E-state index in [1.165, 1.54) is 12.8 Å². The molecule has 4 heteroatoms. The first-order valence-electron chi connectivity index (χ1n) is 6.61. The molecule has 17 heavy (non-hydrogen) atoms. The average molecular weight is 239 g/mol. The Kier molecular flexibility index (Phi) is 2.67. The van der Waals surface area contributed by atoms with Gasteiger partial charge in [-0.2, -0.15) is 0 Å². The molecule has 1 saturated carbocycles. The average Bonchev–Trinajstić information content (AvgIpc) is 3.07. The predicted molar refractivity (Wildman–Crippen MR) is 62.6 cm³/mol. The maximum Gasteiger partial charge on any atom is 0.233 e. The molecule has 0 radical (unpaired) electrons. The van der Waals surface area contributed by atoms with Crippen molar-refractivity contribution in [2.24, 2.45) is 11.3 Å². The highest BCUT2D eigenvalue weighted by molar-refractivity contribution is 5.83. The van der Waals surface area contributed by atoms with E-state index >= 15 is 0 Å². The molecular formula is C13H21NO3. The third kappa shape index (κ3) is 2.08. The van der Waals surface area contributed by atoms with Gasteiger partial charge in [0.05, 0.1) is 30.8 Å². The summed E-state index contributed by atoms with van der Waals surface area (Å²) in [7, 11) is 0. The van der Waals surface area contributed by atoms with E-state index in [2.05, 4.69) is 6.92 Å². The van der Waals surface area contributed by atoms with Crippen molar-refractivity contribution >= 4 is 5.91 Å². The van der Waals surface area contributed by atoms with E-state index in [1.54, 1.807) is 0 Å². The zero-order valence-corrected chi connectivity index (χ0v) is 10.6. The molecule has 3 rings (SSSR count). The zero-order valence-electron chi connectivity index (χ0n) is 10.6. The quantitative estimate of drug-likeness (QED) is 0.723. The van der Waals surface area contributed by atoms with Crippen LogP contribution < -0.4 is 0 Å². The first kappa shape index (κ1) is 11.5. The van der Waals surface area contributed by atoms with Crippen LogP contribution in [0.5, 0.6) is 0 Å². The molecular weight excluding hydrogens is 218 g/mol. The lowest BCUT2D eigenvalue weighted by atomic mass is 9.86. The van der Waals surface area contributed by atoms with Gasteiger partial charge in [0.25, 0.3) is 0 Å². The second kappa shape index (κ2) is 3.95. The Morgan fingerprint density at radius 3 is 2.53 bits per heavy atom. The number of hydrogen-bond donors (Lipinski definition) is 0. The van der Waals surface area contributed by atoms with Crippen molar-refractivity contribution in [1.82, 2.24) is 4.90 Å². The van der Waals surface area contributed by atoms with Crippen LogP contribution in [0.3, 0.4) is 0 Å². The van der Waals surface area contributed by atoms with Crippen molar-refractivity contribution in [2.75, 3.05) is 26.3 Å². The van der Waals surface area contributed by atoms with Crippen LogP contribution in [0, 0.1) is 11.3 Å². The fourth-order valence-electron chi connectivity index (χ4n) is 2.79. The molecule has 1 aliphatic carbocycles. The largest absolute Gasteiger partial charge is 0.379 e. The summed E-state index contributed by atoms with van der Waals surface area (Å²) >= 11 is 0. The third-order valence-corrected chi connectivity index (χ3v) is 4.08. The van der Waals surface area contributed by atoms with Gasteiger partial charge in [0.15, 0.2) is 0 Å². The van der Waals surface area contributed by atoms with Crippen LogP contribution >= 0.6 is 0 Å². The molecule has 2 atom stereocenters. The summed E-state index contributed by atoms with van der Waals surface area (Å²) in [5, 5.41) is 0. The predicted octanol–water partition coefficient (Wildman–Crippen LogP) is 1.05. The van der Waals surface area contributed by atoms with Crippen molar-refractivity contribution in [3.63, 3.8) is 0 Å². The van der Waals surface area contributed by atoms with Gasteiger partial charge >= 0.3 is 0 Å². The fourth-order valence-corrected chi connectivity index (χ4v) is 2.79. The Balaban J connectivity index is 1.67. The van der Waals surface area contributed by atoms with E-state index in [9.17, 15) is 4.79 Å². The van der Waals surface area contributed by atoms with E-state index in [1.807, 2.05) is 11.8 Å². The minimum absolute atomic E-state index is 0.169. The molecule has 0 bridgehead atoms. The van der Waals surface area contributed by atoms with Crippen LogP contribution in [0.25, 0.3) is 0 Å². The number of nitrogens with zero attached hydrogens (tertiary/aromatic N) is 1. The Morgan fingerprint density at radius 1 is 1.29 bits per heavy atom. The van der Waals surface area contributed by atoms with Crippen LogP contribution in [-0.2, 0) is 14.3 Å². The summed E-state index contributed by atoms with van der Waals surface area (Å²) in [5.74, 6) is 0.947. The number of carbonyl (C=O) groups is 1. The highest BCUT2D eigenvalue weighted by atomic mass is 16.5. The second-order valence-corrected chi connectivity index (χ2v) is 6.09. The first-order valence-corrected chi connectivity index (χ1v) is 6.61. The molecule has 0 spiro atoms. The van der Waals surface area contributed by atoms with Crippen LogP contribution in [0.1, 0.15) is 26.7 Å². The number of amides is 1. The van der Waals surface area contributed by atoms with E-state index in [4.69, 9.17) is 9.47 Å². The molecule has 1 amide bonds. The van der Waals surface area contributed by atoms with Crippen LogP contribution in [0.15, 0.2) is 0 Å². The Hall–Kier alpha value is -0.610. The molecule has 2 saturated heterocycles. The molecule has 3 aliphatic rings. The molecule has 2 heterocycles. The van der Waals surface area contributed by atoms with Crippen LogP contribution in [-0.4, -0.2) is 49.3 Å². The molecule has 3 fully saturated rings.